The quantitative estimate of drug-likeness (QED) is 0.832. The van der Waals surface area contributed by atoms with Gasteiger partial charge in [0, 0.05) is 19.6 Å². The average molecular weight is 329 g/mol. The van der Waals surface area contributed by atoms with E-state index in [0.29, 0.717) is 13.2 Å². The van der Waals surface area contributed by atoms with Gasteiger partial charge in [-0.2, -0.15) is 13.2 Å². The van der Waals surface area contributed by atoms with Gasteiger partial charge in [-0.25, -0.2) is 4.98 Å². The molecule has 1 unspecified atom stereocenters. The zero-order chi connectivity index (χ0) is 16.4. The highest BCUT2D eigenvalue weighted by molar-refractivity contribution is 5.82. The number of amides is 1. The van der Waals surface area contributed by atoms with Crippen LogP contribution in [0.5, 0.6) is 0 Å². The van der Waals surface area contributed by atoms with Crippen molar-refractivity contribution in [1.29, 1.82) is 0 Å². The first-order valence-corrected chi connectivity index (χ1v) is 7.65. The molecule has 0 spiro atoms. The summed E-state index contributed by atoms with van der Waals surface area (Å²) in [6.07, 6.45) is -3.15. The van der Waals surface area contributed by atoms with Gasteiger partial charge >= 0.3 is 6.18 Å². The van der Waals surface area contributed by atoms with E-state index >= 15 is 0 Å². The van der Waals surface area contributed by atoms with Gasteiger partial charge in [0.2, 0.25) is 0 Å². The monoisotopic (exact) mass is 329 g/mol. The van der Waals surface area contributed by atoms with Crippen LogP contribution in [-0.4, -0.2) is 54.7 Å². The molecule has 0 bridgehead atoms. The Kier molecular flexibility index (Phi) is 4.43. The maximum Gasteiger partial charge on any atom is 0.433 e. The maximum atomic E-state index is 12.8. The Balaban J connectivity index is 1.72. The van der Waals surface area contributed by atoms with E-state index in [4.69, 9.17) is 4.74 Å². The van der Waals surface area contributed by atoms with E-state index in [2.05, 4.69) is 4.98 Å². The van der Waals surface area contributed by atoms with E-state index in [1.165, 1.54) is 12.1 Å². The van der Waals surface area contributed by atoms with Crippen LogP contribution in [0.3, 0.4) is 0 Å². The van der Waals surface area contributed by atoms with Crippen LogP contribution < -0.4 is 4.90 Å². The van der Waals surface area contributed by atoms with Crippen LogP contribution in [0.25, 0.3) is 0 Å². The smallest absolute Gasteiger partial charge is 0.365 e. The topological polar surface area (TPSA) is 45.7 Å². The molecular weight excluding hydrogens is 311 g/mol. The van der Waals surface area contributed by atoms with Crippen molar-refractivity contribution in [1.82, 2.24) is 9.88 Å². The SMILES string of the molecule is O=C(C1CN(c2cccc(C(F)(F)F)n2)CCO1)N1CCCC1. The molecule has 1 aromatic heterocycles. The maximum absolute atomic E-state index is 12.8. The number of carbonyl (C=O) groups excluding carboxylic acids is 1. The fraction of sp³-hybridized carbons (Fsp3) is 0.600. The summed E-state index contributed by atoms with van der Waals surface area (Å²) < 4.78 is 43.9. The molecule has 2 fully saturated rings. The van der Waals surface area contributed by atoms with Gasteiger partial charge in [-0.3, -0.25) is 4.79 Å². The normalized spacial score (nSPS) is 22.5. The molecule has 5 nitrogen and oxygen atoms in total. The summed E-state index contributed by atoms with van der Waals surface area (Å²) in [6, 6.07) is 3.80. The van der Waals surface area contributed by atoms with Gasteiger partial charge in [0.15, 0.2) is 6.10 Å². The van der Waals surface area contributed by atoms with Gasteiger partial charge in [0.25, 0.3) is 5.91 Å². The van der Waals surface area contributed by atoms with E-state index in [1.807, 2.05) is 0 Å². The average Bonchev–Trinajstić information content (AvgIpc) is 3.08. The van der Waals surface area contributed by atoms with Crippen molar-refractivity contribution >= 4 is 11.7 Å². The number of halogens is 3. The van der Waals surface area contributed by atoms with Crippen molar-refractivity contribution in [2.24, 2.45) is 0 Å². The third kappa shape index (κ3) is 3.57. The van der Waals surface area contributed by atoms with Crippen molar-refractivity contribution in [3.63, 3.8) is 0 Å². The van der Waals surface area contributed by atoms with E-state index in [-0.39, 0.29) is 18.3 Å². The molecule has 0 radical (unpaired) electrons. The van der Waals surface area contributed by atoms with Crippen LogP contribution in [0.1, 0.15) is 18.5 Å². The molecule has 1 aromatic rings. The van der Waals surface area contributed by atoms with Crippen molar-refractivity contribution in [3.05, 3.63) is 23.9 Å². The van der Waals surface area contributed by atoms with Crippen LogP contribution in [0.2, 0.25) is 0 Å². The number of morpholine rings is 1. The lowest BCUT2D eigenvalue weighted by Crippen LogP contribution is -2.50. The minimum Gasteiger partial charge on any atom is -0.365 e. The first-order valence-electron chi connectivity index (χ1n) is 7.65. The Morgan fingerprint density at radius 1 is 1.22 bits per heavy atom. The summed E-state index contributed by atoms with van der Waals surface area (Å²) in [5.74, 6) is 0.140. The highest BCUT2D eigenvalue weighted by atomic mass is 19.4. The first kappa shape index (κ1) is 16.0. The number of aromatic nitrogens is 1. The molecule has 2 aliphatic rings. The third-order valence-electron chi connectivity index (χ3n) is 4.11. The molecule has 0 saturated carbocycles. The number of hydrogen-bond donors (Lipinski definition) is 0. The van der Waals surface area contributed by atoms with E-state index < -0.39 is 18.0 Å². The summed E-state index contributed by atoms with van der Waals surface area (Å²) >= 11 is 0. The number of rotatable bonds is 2. The predicted octanol–water partition coefficient (Wildman–Crippen LogP) is 1.93. The molecule has 1 amide bonds. The number of nitrogens with zero attached hydrogens (tertiary/aromatic N) is 3. The Hall–Kier alpha value is -1.83. The van der Waals surface area contributed by atoms with Crippen LogP contribution in [-0.2, 0) is 15.7 Å². The largest absolute Gasteiger partial charge is 0.433 e. The summed E-state index contributed by atoms with van der Waals surface area (Å²) in [5, 5.41) is 0. The number of carbonyl (C=O) groups is 1. The molecule has 23 heavy (non-hydrogen) atoms. The molecule has 126 valence electrons. The minimum absolute atomic E-state index is 0.0841. The van der Waals surface area contributed by atoms with Crippen LogP contribution in [0, 0.1) is 0 Å². The summed E-state index contributed by atoms with van der Waals surface area (Å²) in [5.41, 5.74) is -0.927. The highest BCUT2D eigenvalue weighted by Crippen LogP contribution is 2.29. The zero-order valence-corrected chi connectivity index (χ0v) is 12.6. The summed E-state index contributed by atoms with van der Waals surface area (Å²) in [7, 11) is 0. The van der Waals surface area contributed by atoms with Crippen molar-refractivity contribution in [2.45, 2.75) is 25.1 Å². The minimum atomic E-state index is -4.48. The van der Waals surface area contributed by atoms with E-state index in [1.54, 1.807) is 9.80 Å². The second kappa shape index (κ2) is 6.35. The van der Waals surface area contributed by atoms with Gasteiger partial charge in [-0.1, -0.05) is 6.07 Å². The number of pyridine rings is 1. The van der Waals surface area contributed by atoms with Crippen molar-refractivity contribution < 1.29 is 22.7 Å². The van der Waals surface area contributed by atoms with Crippen molar-refractivity contribution in [2.75, 3.05) is 37.7 Å². The number of likely N-dealkylation sites (tertiary alicyclic amines) is 1. The van der Waals surface area contributed by atoms with Gasteiger partial charge in [0.05, 0.1) is 13.2 Å². The Morgan fingerprint density at radius 3 is 2.65 bits per heavy atom. The molecule has 3 rings (SSSR count). The fourth-order valence-corrected chi connectivity index (χ4v) is 2.91. The lowest BCUT2D eigenvalue weighted by atomic mass is 10.2. The second-order valence-corrected chi connectivity index (χ2v) is 5.72. The van der Waals surface area contributed by atoms with Gasteiger partial charge < -0.3 is 14.5 Å². The second-order valence-electron chi connectivity index (χ2n) is 5.72. The Morgan fingerprint density at radius 2 is 1.96 bits per heavy atom. The first-order chi connectivity index (χ1) is 10.9. The van der Waals surface area contributed by atoms with Crippen LogP contribution >= 0.6 is 0 Å². The van der Waals surface area contributed by atoms with E-state index in [0.717, 1.165) is 32.0 Å². The molecule has 2 aliphatic heterocycles. The van der Waals surface area contributed by atoms with Crippen molar-refractivity contribution in [3.8, 4) is 0 Å². The predicted molar refractivity (Wildman–Crippen MR) is 77.0 cm³/mol. The van der Waals surface area contributed by atoms with Crippen LogP contribution in [0.15, 0.2) is 18.2 Å². The number of alkyl halides is 3. The zero-order valence-electron chi connectivity index (χ0n) is 12.6. The molecule has 0 aromatic carbocycles. The van der Waals surface area contributed by atoms with Gasteiger partial charge in [-0.15, -0.1) is 0 Å². The summed E-state index contributed by atoms with van der Waals surface area (Å²) in [6.45, 7) is 2.38. The molecule has 0 aliphatic carbocycles. The highest BCUT2D eigenvalue weighted by Gasteiger charge is 2.35. The standard InChI is InChI=1S/C15H18F3N3O2/c16-15(17,18)12-4-3-5-13(19-12)21-8-9-23-11(10-21)14(22)20-6-1-2-7-20/h3-5,11H,1-2,6-10H2. The lowest BCUT2D eigenvalue weighted by molar-refractivity contribution is -0.143. The third-order valence-corrected chi connectivity index (χ3v) is 4.11. The fourth-order valence-electron chi connectivity index (χ4n) is 2.91. The number of ether oxygens (including phenoxy) is 1. The number of anilines is 1. The molecule has 1 atom stereocenters. The Labute approximate surface area is 132 Å². The van der Waals surface area contributed by atoms with Gasteiger partial charge in [-0.05, 0) is 25.0 Å². The van der Waals surface area contributed by atoms with Crippen LogP contribution in [0.4, 0.5) is 19.0 Å². The molecule has 2 saturated heterocycles. The molecule has 0 N–H and O–H groups in total. The summed E-state index contributed by atoms with van der Waals surface area (Å²) in [4.78, 5) is 19.5. The molecule has 3 heterocycles. The Bertz CT molecular complexity index is 573. The van der Waals surface area contributed by atoms with E-state index in [9.17, 15) is 18.0 Å². The molecule has 8 heteroatoms. The lowest BCUT2D eigenvalue weighted by Gasteiger charge is -2.34. The van der Waals surface area contributed by atoms with Gasteiger partial charge in [0.1, 0.15) is 11.5 Å². The molecular formula is C15H18F3N3O2. The number of hydrogen-bond acceptors (Lipinski definition) is 4.